The highest BCUT2D eigenvalue weighted by molar-refractivity contribution is 7.92. The largest absolute Gasteiger partial charge is 0.366 e. The number of hydrogen-bond acceptors (Lipinski definition) is 3. The van der Waals surface area contributed by atoms with Gasteiger partial charge in [0.05, 0.1) is 5.69 Å². The molecule has 0 radical (unpaired) electrons. The number of para-hydroxylation sites is 1. The van der Waals surface area contributed by atoms with Crippen LogP contribution < -0.4 is 9.73 Å². The van der Waals surface area contributed by atoms with Crippen LogP contribution >= 0.6 is 0 Å². The first kappa shape index (κ1) is 12.0. The van der Waals surface area contributed by atoms with Crippen LogP contribution in [-0.2, 0) is 16.4 Å². The van der Waals surface area contributed by atoms with Gasteiger partial charge in [-0.3, -0.25) is 9.10 Å². The lowest BCUT2D eigenvalue weighted by atomic mass is 10.2. The Kier molecular flexibility index (Phi) is 2.67. The Morgan fingerprint density at radius 3 is 2.74 bits per heavy atom. The Hall–Kier alpha value is -2.08. The molecule has 0 spiro atoms. The Bertz CT molecular complexity index is 780. The van der Waals surface area contributed by atoms with E-state index in [1.807, 2.05) is 12.1 Å². The molecule has 98 valence electrons. The van der Waals surface area contributed by atoms with E-state index in [1.165, 1.54) is 22.8 Å². The molecule has 2 aromatic rings. The molecule has 1 aromatic carbocycles. The molecular weight excluding hydrogens is 264 g/mol. The van der Waals surface area contributed by atoms with Gasteiger partial charge in [0.2, 0.25) is 5.43 Å². The van der Waals surface area contributed by atoms with Gasteiger partial charge in [0, 0.05) is 25.0 Å². The third-order valence-corrected chi connectivity index (χ3v) is 5.04. The van der Waals surface area contributed by atoms with Crippen molar-refractivity contribution in [2.75, 3.05) is 10.8 Å². The third-order valence-electron chi connectivity index (χ3n) is 3.20. The molecule has 0 saturated heterocycles. The summed E-state index contributed by atoms with van der Waals surface area (Å²) in [5, 5.41) is 0. The van der Waals surface area contributed by atoms with Crippen molar-refractivity contribution in [1.82, 2.24) is 4.98 Å². The Balaban J connectivity index is 2.14. The number of benzene rings is 1. The number of aromatic amines is 1. The molecule has 1 aliphatic rings. The quantitative estimate of drug-likeness (QED) is 0.893. The summed E-state index contributed by atoms with van der Waals surface area (Å²) in [5.74, 6) is 0. The van der Waals surface area contributed by atoms with Crippen molar-refractivity contribution in [1.29, 1.82) is 0 Å². The molecule has 0 aliphatic carbocycles. The summed E-state index contributed by atoms with van der Waals surface area (Å²) in [7, 11) is -3.79. The number of pyridine rings is 1. The van der Waals surface area contributed by atoms with Gasteiger partial charge in [-0.2, -0.15) is 0 Å². The number of H-pyrrole nitrogens is 1. The van der Waals surface area contributed by atoms with Crippen LogP contribution in [0, 0.1) is 0 Å². The molecule has 0 unspecified atom stereocenters. The number of nitrogens with zero attached hydrogens (tertiary/aromatic N) is 1. The molecule has 0 atom stereocenters. The van der Waals surface area contributed by atoms with Crippen LogP contribution in [0.25, 0.3) is 0 Å². The van der Waals surface area contributed by atoms with Gasteiger partial charge in [0.15, 0.2) is 4.90 Å². The van der Waals surface area contributed by atoms with Gasteiger partial charge >= 0.3 is 0 Å². The van der Waals surface area contributed by atoms with Crippen molar-refractivity contribution in [3.8, 4) is 0 Å². The van der Waals surface area contributed by atoms with Crippen LogP contribution in [0.2, 0.25) is 0 Å². The number of aromatic nitrogens is 1. The predicted octanol–water partition coefficient (Wildman–Crippen LogP) is 1.13. The van der Waals surface area contributed by atoms with Gasteiger partial charge in [-0.15, -0.1) is 0 Å². The van der Waals surface area contributed by atoms with Crippen LogP contribution in [-0.4, -0.2) is 19.9 Å². The van der Waals surface area contributed by atoms with Crippen molar-refractivity contribution >= 4 is 15.7 Å². The fourth-order valence-corrected chi connectivity index (χ4v) is 3.82. The van der Waals surface area contributed by atoms with Crippen LogP contribution in [0.4, 0.5) is 5.69 Å². The second-order valence-corrected chi connectivity index (χ2v) is 6.16. The normalized spacial score (nSPS) is 14.4. The molecular formula is C13H12N2O3S. The minimum atomic E-state index is -3.79. The maximum absolute atomic E-state index is 12.5. The smallest absolute Gasteiger partial charge is 0.269 e. The molecule has 6 heteroatoms. The van der Waals surface area contributed by atoms with Gasteiger partial charge in [0.1, 0.15) is 0 Å². The monoisotopic (exact) mass is 276 g/mol. The standard InChI is InChI=1S/C13H12N2O3S/c16-12-5-7-14-9-13(12)19(17,18)15-8-6-10-3-1-2-4-11(10)15/h1-5,7,9H,6,8H2,(H,14,16). The summed E-state index contributed by atoms with van der Waals surface area (Å²) in [5.41, 5.74) is 1.15. The highest BCUT2D eigenvalue weighted by atomic mass is 32.2. The van der Waals surface area contributed by atoms with Gasteiger partial charge < -0.3 is 4.98 Å². The summed E-state index contributed by atoms with van der Waals surface area (Å²) in [6, 6.07) is 8.55. The lowest BCUT2D eigenvalue weighted by Gasteiger charge is -2.18. The Morgan fingerprint density at radius 1 is 1.16 bits per heavy atom. The zero-order chi connectivity index (χ0) is 13.5. The lowest BCUT2D eigenvalue weighted by molar-refractivity contribution is 0.591. The molecule has 0 saturated carbocycles. The van der Waals surface area contributed by atoms with E-state index in [0.29, 0.717) is 18.7 Å². The first-order chi connectivity index (χ1) is 9.10. The topological polar surface area (TPSA) is 70.2 Å². The van der Waals surface area contributed by atoms with E-state index in [9.17, 15) is 13.2 Å². The van der Waals surface area contributed by atoms with Gasteiger partial charge in [-0.05, 0) is 18.1 Å². The van der Waals surface area contributed by atoms with E-state index in [-0.39, 0.29) is 4.90 Å². The molecule has 5 nitrogen and oxygen atoms in total. The van der Waals surface area contributed by atoms with Crippen molar-refractivity contribution in [3.05, 3.63) is 58.5 Å². The van der Waals surface area contributed by atoms with E-state index in [1.54, 1.807) is 12.1 Å². The van der Waals surface area contributed by atoms with E-state index < -0.39 is 15.5 Å². The average molecular weight is 276 g/mol. The first-order valence-corrected chi connectivity index (χ1v) is 7.32. The van der Waals surface area contributed by atoms with Gasteiger partial charge in [-0.1, -0.05) is 18.2 Å². The summed E-state index contributed by atoms with van der Waals surface area (Å²) in [4.78, 5) is 14.1. The van der Waals surface area contributed by atoms with E-state index in [0.717, 1.165) is 5.56 Å². The lowest BCUT2D eigenvalue weighted by Crippen LogP contribution is -2.32. The van der Waals surface area contributed by atoms with Crippen LogP contribution in [0.1, 0.15) is 5.56 Å². The first-order valence-electron chi connectivity index (χ1n) is 5.88. The molecule has 0 bridgehead atoms. The minimum absolute atomic E-state index is 0.216. The third kappa shape index (κ3) is 1.84. The summed E-state index contributed by atoms with van der Waals surface area (Å²) in [6.45, 7) is 0.371. The van der Waals surface area contributed by atoms with Crippen LogP contribution in [0.15, 0.2) is 52.4 Å². The van der Waals surface area contributed by atoms with E-state index in [2.05, 4.69) is 4.98 Å². The SMILES string of the molecule is O=c1cc[nH]cc1S(=O)(=O)N1CCc2ccccc21. The molecule has 0 amide bonds. The maximum atomic E-state index is 12.5. The summed E-state index contributed by atoms with van der Waals surface area (Å²) in [6.07, 6.45) is 3.32. The summed E-state index contributed by atoms with van der Waals surface area (Å²) < 4.78 is 26.3. The zero-order valence-electron chi connectivity index (χ0n) is 10.0. The second-order valence-electron chi connectivity index (χ2n) is 4.33. The molecule has 3 rings (SSSR count). The highest BCUT2D eigenvalue weighted by Gasteiger charge is 2.31. The minimum Gasteiger partial charge on any atom is -0.366 e. The number of hydrogen-bond donors (Lipinski definition) is 1. The fourth-order valence-electron chi connectivity index (χ4n) is 2.28. The number of sulfonamides is 1. The molecule has 19 heavy (non-hydrogen) atoms. The average Bonchev–Trinajstić information content (AvgIpc) is 2.83. The number of anilines is 1. The number of rotatable bonds is 2. The van der Waals surface area contributed by atoms with Gasteiger partial charge in [0.25, 0.3) is 10.0 Å². The van der Waals surface area contributed by atoms with Crippen LogP contribution in [0.3, 0.4) is 0 Å². The molecule has 1 N–H and O–H groups in total. The predicted molar refractivity (Wildman–Crippen MR) is 71.7 cm³/mol. The van der Waals surface area contributed by atoms with Gasteiger partial charge in [-0.25, -0.2) is 8.42 Å². The Morgan fingerprint density at radius 2 is 1.95 bits per heavy atom. The van der Waals surface area contributed by atoms with Crippen molar-refractivity contribution in [2.45, 2.75) is 11.3 Å². The molecule has 1 aliphatic heterocycles. The van der Waals surface area contributed by atoms with E-state index in [4.69, 9.17) is 0 Å². The number of fused-ring (bicyclic) bond motifs is 1. The van der Waals surface area contributed by atoms with Crippen molar-refractivity contribution in [2.24, 2.45) is 0 Å². The van der Waals surface area contributed by atoms with Crippen molar-refractivity contribution in [3.63, 3.8) is 0 Å². The van der Waals surface area contributed by atoms with E-state index >= 15 is 0 Å². The number of nitrogens with one attached hydrogen (secondary N) is 1. The van der Waals surface area contributed by atoms with Crippen LogP contribution in [0.5, 0.6) is 0 Å². The summed E-state index contributed by atoms with van der Waals surface area (Å²) >= 11 is 0. The second kappa shape index (κ2) is 4.24. The zero-order valence-corrected chi connectivity index (χ0v) is 10.9. The van der Waals surface area contributed by atoms with Crippen molar-refractivity contribution < 1.29 is 8.42 Å². The molecule has 2 heterocycles. The fraction of sp³-hybridized carbons (Fsp3) is 0.154. The molecule has 0 fully saturated rings. The Labute approximate surface area is 110 Å². The highest BCUT2D eigenvalue weighted by Crippen LogP contribution is 2.31. The molecule has 1 aromatic heterocycles. The maximum Gasteiger partial charge on any atom is 0.269 e.